The summed E-state index contributed by atoms with van der Waals surface area (Å²) in [7, 11) is 0. The third-order valence-electron chi connectivity index (χ3n) is 2.45. The van der Waals surface area contributed by atoms with Gasteiger partial charge in [0.15, 0.2) is 0 Å². The molecule has 1 fully saturated rings. The quantitative estimate of drug-likeness (QED) is 0.154. The van der Waals surface area contributed by atoms with Crippen LogP contribution in [0.3, 0.4) is 0 Å². The van der Waals surface area contributed by atoms with Crippen LogP contribution in [0, 0.1) is 0 Å². The summed E-state index contributed by atoms with van der Waals surface area (Å²) >= 11 is 0. The van der Waals surface area contributed by atoms with Crippen LogP contribution in [0.25, 0.3) is 0 Å². The van der Waals surface area contributed by atoms with Gasteiger partial charge in [-0.15, -0.1) is 0 Å². The van der Waals surface area contributed by atoms with Crippen molar-refractivity contribution < 1.29 is 15.1 Å². The van der Waals surface area contributed by atoms with Crippen molar-refractivity contribution in [3.05, 3.63) is 0 Å². The van der Waals surface area contributed by atoms with Crippen molar-refractivity contribution in [1.82, 2.24) is 5.32 Å². The summed E-state index contributed by atoms with van der Waals surface area (Å²) in [5.74, 6) is 0.236. The van der Waals surface area contributed by atoms with Gasteiger partial charge in [-0.05, 0) is 13.0 Å². The van der Waals surface area contributed by atoms with Crippen LogP contribution >= 0.6 is 0 Å². The Kier molecular flexibility index (Phi) is 4.80. The molecule has 1 unspecified atom stereocenters. The molecule has 0 aromatic carbocycles. The van der Waals surface area contributed by atoms with E-state index in [-0.39, 0.29) is 5.84 Å². The number of amidine groups is 1. The number of rotatable bonds is 6. The molecule has 6 nitrogen and oxygen atoms in total. The lowest BCUT2D eigenvalue weighted by Crippen LogP contribution is -2.41. The van der Waals surface area contributed by atoms with Gasteiger partial charge < -0.3 is 26.1 Å². The van der Waals surface area contributed by atoms with E-state index in [0.29, 0.717) is 32.6 Å². The molecule has 1 rings (SSSR count). The van der Waals surface area contributed by atoms with Crippen molar-refractivity contribution in [2.24, 2.45) is 10.9 Å². The third-order valence-corrected chi connectivity index (χ3v) is 2.45. The zero-order valence-corrected chi connectivity index (χ0v) is 8.78. The second-order valence-corrected chi connectivity index (χ2v) is 3.90. The second-order valence-electron chi connectivity index (χ2n) is 3.90. The molecular weight excluding hydrogens is 198 g/mol. The highest BCUT2D eigenvalue weighted by atomic mass is 16.5. The van der Waals surface area contributed by atoms with Crippen LogP contribution in [0.15, 0.2) is 5.16 Å². The lowest BCUT2D eigenvalue weighted by atomic mass is 10.0. The van der Waals surface area contributed by atoms with Gasteiger partial charge in [0, 0.05) is 26.0 Å². The molecule has 1 heterocycles. The first-order valence-corrected chi connectivity index (χ1v) is 5.13. The maximum absolute atomic E-state index is 9.87. The molecule has 0 aromatic heterocycles. The van der Waals surface area contributed by atoms with Crippen molar-refractivity contribution in [2.75, 3.05) is 26.3 Å². The van der Waals surface area contributed by atoms with Crippen LogP contribution in [-0.2, 0) is 4.74 Å². The predicted octanol–water partition coefficient (Wildman–Crippen LogP) is -0.746. The van der Waals surface area contributed by atoms with Gasteiger partial charge >= 0.3 is 0 Å². The fourth-order valence-electron chi connectivity index (χ4n) is 1.50. The van der Waals surface area contributed by atoms with E-state index in [9.17, 15) is 5.11 Å². The average Bonchev–Trinajstić information content (AvgIpc) is 2.64. The molecule has 15 heavy (non-hydrogen) atoms. The molecule has 0 radical (unpaired) electrons. The molecule has 6 heteroatoms. The Morgan fingerprint density at radius 1 is 1.60 bits per heavy atom. The number of aliphatic hydroxyl groups is 1. The fourth-order valence-corrected chi connectivity index (χ4v) is 1.50. The highest BCUT2D eigenvalue weighted by Gasteiger charge is 2.31. The summed E-state index contributed by atoms with van der Waals surface area (Å²) in [4.78, 5) is 0. The summed E-state index contributed by atoms with van der Waals surface area (Å²) < 4.78 is 5.11. The Morgan fingerprint density at radius 2 is 2.40 bits per heavy atom. The number of hydrogen-bond donors (Lipinski definition) is 4. The van der Waals surface area contributed by atoms with E-state index >= 15 is 0 Å². The summed E-state index contributed by atoms with van der Waals surface area (Å²) in [6, 6.07) is 0. The first-order chi connectivity index (χ1) is 7.16. The number of hydrogen-bond acceptors (Lipinski definition) is 5. The largest absolute Gasteiger partial charge is 0.409 e. The molecule has 0 saturated carbocycles. The van der Waals surface area contributed by atoms with Gasteiger partial charge in [0.2, 0.25) is 0 Å². The SMILES string of the molecule is NC(CCCNCC1(O)CCOC1)=NO. The van der Waals surface area contributed by atoms with Gasteiger partial charge in [-0.3, -0.25) is 0 Å². The highest BCUT2D eigenvalue weighted by Crippen LogP contribution is 2.16. The number of ether oxygens (including phenoxy) is 1. The van der Waals surface area contributed by atoms with Crippen molar-refractivity contribution >= 4 is 5.84 Å². The minimum atomic E-state index is -0.712. The van der Waals surface area contributed by atoms with E-state index in [4.69, 9.17) is 15.7 Å². The van der Waals surface area contributed by atoms with Crippen molar-refractivity contribution in [1.29, 1.82) is 0 Å². The van der Waals surface area contributed by atoms with Crippen LogP contribution < -0.4 is 11.1 Å². The van der Waals surface area contributed by atoms with Crippen molar-refractivity contribution in [3.63, 3.8) is 0 Å². The van der Waals surface area contributed by atoms with Crippen LogP contribution in [0.4, 0.5) is 0 Å². The molecule has 0 spiro atoms. The van der Waals surface area contributed by atoms with Gasteiger partial charge in [0.05, 0.1) is 6.61 Å². The Balaban J connectivity index is 2.01. The normalized spacial score (nSPS) is 27.1. The summed E-state index contributed by atoms with van der Waals surface area (Å²) in [6.45, 7) is 2.30. The number of nitrogens with two attached hydrogens (primary N) is 1. The molecule has 0 amide bonds. The van der Waals surface area contributed by atoms with Gasteiger partial charge in [0.25, 0.3) is 0 Å². The van der Waals surface area contributed by atoms with E-state index in [2.05, 4.69) is 10.5 Å². The molecule has 0 aliphatic carbocycles. The zero-order valence-electron chi connectivity index (χ0n) is 8.78. The molecule has 1 atom stereocenters. The number of oxime groups is 1. The van der Waals surface area contributed by atoms with Crippen LogP contribution in [-0.4, -0.2) is 48.1 Å². The zero-order chi connectivity index (χ0) is 11.1. The third kappa shape index (κ3) is 4.46. The summed E-state index contributed by atoms with van der Waals surface area (Å²) in [5, 5.41) is 24.2. The molecule has 1 saturated heterocycles. The number of nitrogens with zero attached hydrogens (tertiary/aromatic N) is 1. The van der Waals surface area contributed by atoms with Crippen LogP contribution in [0.1, 0.15) is 19.3 Å². The average molecular weight is 217 g/mol. The lowest BCUT2D eigenvalue weighted by Gasteiger charge is -2.20. The Labute approximate surface area is 89.1 Å². The minimum absolute atomic E-state index is 0.236. The van der Waals surface area contributed by atoms with Gasteiger partial charge in [0.1, 0.15) is 11.4 Å². The number of nitrogens with one attached hydrogen (secondary N) is 1. The standard InChI is InChI=1S/C9H19N3O3/c10-8(12-14)2-1-4-11-6-9(13)3-5-15-7-9/h11,13-14H,1-7H2,(H2,10,12). The molecular formula is C9H19N3O3. The van der Waals surface area contributed by atoms with Gasteiger partial charge in [-0.2, -0.15) is 0 Å². The Morgan fingerprint density at radius 3 is 3.00 bits per heavy atom. The molecule has 0 bridgehead atoms. The van der Waals surface area contributed by atoms with E-state index in [0.717, 1.165) is 13.0 Å². The van der Waals surface area contributed by atoms with E-state index in [1.807, 2.05) is 0 Å². The first kappa shape index (κ1) is 12.2. The van der Waals surface area contributed by atoms with Crippen LogP contribution in [0.2, 0.25) is 0 Å². The molecule has 1 aliphatic rings. The monoisotopic (exact) mass is 217 g/mol. The topological polar surface area (TPSA) is 100 Å². The van der Waals surface area contributed by atoms with Crippen LogP contribution in [0.5, 0.6) is 0 Å². The molecule has 5 N–H and O–H groups in total. The van der Waals surface area contributed by atoms with Gasteiger partial charge in [-0.25, -0.2) is 0 Å². The lowest BCUT2D eigenvalue weighted by molar-refractivity contribution is 0.0272. The van der Waals surface area contributed by atoms with E-state index < -0.39 is 5.60 Å². The Bertz CT molecular complexity index is 215. The smallest absolute Gasteiger partial charge is 0.139 e. The van der Waals surface area contributed by atoms with E-state index in [1.165, 1.54) is 0 Å². The summed E-state index contributed by atoms with van der Waals surface area (Å²) in [5.41, 5.74) is 4.59. The maximum Gasteiger partial charge on any atom is 0.139 e. The van der Waals surface area contributed by atoms with E-state index in [1.54, 1.807) is 0 Å². The first-order valence-electron chi connectivity index (χ1n) is 5.13. The fraction of sp³-hybridized carbons (Fsp3) is 0.889. The van der Waals surface area contributed by atoms with Gasteiger partial charge in [-0.1, -0.05) is 5.16 Å². The second kappa shape index (κ2) is 5.89. The summed E-state index contributed by atoms with van der Waals surface area (Å²) in [6.07, 6.45) is 2.02. The predicted molar refractivity (Wildman–Crippen MR) is 55.9 cm³/mol. The Hall–Kier alpha value is -0.850. The molecule has 1 aliphatic heterocycles. The van der Waals surface area contributed by atoms with Crippen molar-refractivity contribution in [3.8, 4) is 0 Å². The molecule has 88 valence electrons. The molecule has 0 aromatic rings. The maximum atomic E-state index is 9.87. The highest BCUT2D eigenvalue weighted by molar-refractivity contribution is 5.79. The minimum Gasteiger partial charge on any atom is -0.409 e. The van der Waals surface area contributed by atoms with Crippen molar-refractivity contribution in [2.45, 2.75) is 24.9 Å².